The first-order valence-electron chi connectivity index (χ1n) is 9.09. The van der Waals surface area contributed by atoms with Gasteiger partial charge in [-0.15, -0.1) is 0 Å². The smallest absolute Gasteiger partial charge is 0.224 e. The number of carbonyl (C=O) groups excluding carboxylic acids is 1. The van der Waals surface area contributed by atoms with Crippen LogP contribution in [0, 0.1) is 12.8 Å². The Bertz CT molecular complexity index is 710. The van der Waals surface area contributed by atoms with Crippen molar-refractivity contribution < 1.29 is 4.79 Å². The average Bonchev–Trinajstić information content (AvgIpc) is 2.95. The van der Waals surface area contributed by atoms with Crippen LogP contribution in [0.15, 0.2) is 36.5 Å². The summed E-state index contributed by atoms with van der Waals surface area (Å²) in [7, 11) is 1.93. The molecule has 1 fully saturated rings. The second-order valence-electron chi connectivity index (χ2n) is 7.10. The number of hydrogen-bond acceptors (Lipinski definition) is 3. The van der Waals surface area contributed by atoms with Crippen LogP contribution in [0.25, 0.3) is 0 Å². The van der Waals surface area contributed by atoms with Gasteiger partial charge < -0.3 is 5.32 Å². The molecule has 1 aromatic carbocycles. The first kappa shape index (κ1) is 17.7. The molecule has 0 aliphatic carbocycles. The van der Waals surface area contributed by atoms with Crippen molar-refractivity contribution in [2.75, 3.05) is 13.1 Å². The standard InChI is InChI=1S/C20H28N4O/c1-15(19-12-21-23(3)16(19)2)22-20(25)18-10-7-11-24(14-18)13-17-8-5-4-6-9-17/h4-6,8-9,12,15,18H,7,10-11,13-14H2,1-3H3,(H,22,25)/t15-,18+/m0/s1. The zero-order chi connectivity index (χ0) is 17.8. The molecule has 0 radical (unpaired) electrons. The van der Waals surface area contributed by atoms with Gasteiger partial charge in [-0.2, -0.15) is 5.10 Å². The summed E-state index contributed by atoms with van der Waals surface area (Å²) in [6.07, 6.45) is 3.89. The summed E-state index contributed by atoms with van der Waals surface area (Å²) < 4.78 is 1.85. The van der Waals surface area contributed by atoms with Gasteiger partial charge in [0.05, 0.1) is 18.2 Å². The number of nitrogens with zero attached hydrogens (tertiary/aromatic N) is 3. The molecule has 1 N–H and O–H groups in total. The molecule has 5 heteroatoms. The fraction of sp³-hybridized carbons (Fsp3) is 0.500. The molecule has 1 amide bonds. The number of aromatic nitrogens is 2. The van der Waals surface area contributed by atoms with Gasteiger partial charge in [-0.25, -0.2) is 0 Å². The lowest BCUT2D eigenvalue weighted by Gasteiger charge is -2.32. The van der Waals surface area contributed by atoms with Gasteiger partial charge in [-0.05, 0) is 38.8 Å². The highest BCUT2D eigenvalue weighted by molar-refractivity contribution is 5.79. The van der Waals surface area contributed by atoms with E-state index in [2.05, 4.69) is 39.6 Å². The Morgan fingerprint density at radius 1 is 1.36 bits per heavy atom. The summed E-state index contributed by atoms with van der Waals surface area (Å²) in [6, 6.07) is 10.5. The van der Waals surface area contributed by atoms with Crippen LogP contribution in [0.1, 0.15) is 42.6 Å². The molecule has 0 saturated carbocycles. The molecular formula is C20H28N4O. The molecular weight excluding hydrogens is 312 g/mol. The van der Waals surface area contributed by atoms with Crippen LogP contribution in [0.2, 0.25) is 0 Å². The summed E-state index contributed by atoms with van der Waals surface area (Å²) in [4.78, 5) is 15.1. The Morgan fingerprint density at radius 3 is 2.80 bits per heavy atom. The average molecular weight is 340 g/mol. The molecule has 3 rings (SSSR count). The van der Waals surface area contributed by atoms with Crippen molar-refractivity contribution in [1.82, 2.24) is 20.0 Å². The number of hydrogen-bond donors (Lipinski definition) is 1. The van der Waals surface area contributed by atoms with Gasteiger partial charge in [0.2, 0.25) is 5.91 Å². The normalized spacial score (nSPS) is 19.6. The third-order valence-electron chi connectivity index (χ3n) is 5.22. The van der Waals surface area contributed by atoms with E-state index in [9.17, 15) is 4.79 Å². The first-order chi connectivity index (χ1) is 12.0. The monoisotopic (exact) mass is 340 g/mol. The number of amides is 1. The predicted molar refractivity (Wildman–Crippen MR) is 98.9 cm³/mol. The van der Waals surface area contributed by atoms with E-state index in [-0.39, 0.29) is 17.9 Å². The largest absolute Gasteiger partial charge is 0.349 e. The summed E-state index contributed by atoms with van der Waals surface area (Å²) in [5.74, 6) is 0.227. The fourth-order valence-electron chi connectivity index (χ4n) is 3.60. The minimum atomic E-state index is -0.00861. The number of nitrogens with one attached hydrogen (secondary N) is 1. The van der Waals surface area contributed by atoms with Gasteiger partial charge in [0, 0.05) is 31.4 Å². The summed E-state index contributed by atoms with van der Waals surface area (Å²) in [5, 5.41) is 7.46. The molecule has 1 aliphatic rings. The molecule has 0 spiro atoms. The van der Waals surface area contributed by atoms with E-state index in [1.165, 1.54) is 5.56 Å². The Balaban J connectivity index is 1.57. The van der Waals surface area contributed by atoms with Crippen LogP contribution in [-0.4, -0.2) is 33.7 Å². The van der Waals surface area contributed by atoms with Crippen molar-refractivity contribution in [3.8, 4) is 0 Å². The van der Waals surface area contributed by atoms with Gasteiger partial charge in [0.1, 0.15) is 0 Å². The van der Waals surface area contributed by atoms with Crippen molar-refractivity contribution in [3.63, 3.8) is 0 Å². The molecule has 5 nitrogen and oxygen atoms in total. The van der Waals surface area contributed by atoms with Crippen LogP contribution < -0.4 is 5.32 Å². The Labute approximate surface area is 150 Å². The Hall–Kier alpha value is -2.14. The number of benzene rings is 1. The number of piperidine rings is 1. The van der Waals surface area contributed by atoms with Gasteiger partial charge in [0.15, 0.2) is 0 Å². The van der Waals surface area contributed by atoms with Crippen molar-refractivity contribution in [3.05, 3.63) is 53.3 Å². The lowest BCUT2D eigenvalue weighted by atomic mass is 9.96. The lowest BCUT2D eigenvalue weighted by Crippen LogP contribution is -2.43. The van der Waals surface area contributed by atoms with E-state index in [0.29, 0.717) is 0 Å². The maximum Gasteiger partial charge on any atom is 0.224 e. The van der Waals surface area contributed by atoms with E-state index in [1.54, 1.807) is 0 Å². The molecule has 2 heterocycles. The van der Waals surface area contributed by atoms with Gasteiger partial charge in [-0.1, -0.05) is 30.3 Å². The highest BCUT2D eigenvalue weighted by Gasteiger charge is 2.27. The fourth-order valence-corrected chi connectivity index (χ4v) is 3.60. The van der Waals surface area contributed by atoms with Crippen molar-refractivity contribution >= 4 is 5.91 Å². The van der Waals surface area contributed by atoms with Crippen molar-refractivity contribution in [1.29, 1.82) is 0 Å². The number of rotatable bonds is 5. The van der Waals surface area contributed by atoms with Gasteiger partial charge in [0.25, 0.3) is 0 Å². The van der Waals surface area contributed by atoms with Crippen LogP contribution in [0.4, 0.5) is 0 Å². The molecule has 1 aromatic heterocycles. The first-order valence-corrected chi connectivity index (χ1v) is 9.09. The van der Waals surface area contributed by atoms with Gasteiger partial charge in [-0.3, -0.25) is 14.4 Å². The third-order valence-corrected chi connectivity index (χ3v) is 5.22. The summed E-state index contributed by atoms with van der Waals surface area (Å²) in [5.41, 5.74) is 3.50. The number of carbonyl (C=O) groups is 1. The SMILES string of the molecule is Cc1c([C@H](C)NC(=O)[C@@H]2CCCN(Cc3ccccc3)C2)cnn1C. The van der Waals surface area contributed by atoms with Crippen LogP contribution in [-0.2, 0) is 18.4 Å². The molecule has 2 aromatic rings. The maximum atomic E-state index is 12.7. The minimum Gasteiger partial charge on any atom is -0.349 e. The molecule has 1 saturated heterocycles. The van der Waals surface area contributed by atoms with E-state index < -0.39 is 0 Å². The molecule has 1 aliphatic heterocycles. The van der Waals surface area contributed by atoms with Crippen LogP contribution >= 0.6 is 0 Å². The van der Waals surface area contributed by atoms with Crippen molar-refractivity contribution in [2.24, 2.45) is 13.0 Å². The number of likely N-dealkylation sites (tertiary alicyclic amines) is 1. The third kappa shape index (κ3) is 4.28. The highest BCUT2D eigenvalue weighted by Crippen LogP contribution is 2.21. The van der Waals surface area contributed by atoms with E-state index in [0.717, 1.165) is 43.7 Å². The second-order valence-corrected chi connectivity index (χ2v) is 7.10. The highest BCUT2D eigenvalue weighted by atomic mass is 16.2. The summed E-state index contributed by atoms with van der Waals surface area (Å²) >= 11 is 0. The number of aryl methyl sites for hydroxylation is 1. The maximum absolute atomic E-state index is 12.7. The van der Waals surface area contributed by atoms with Gasteiger partial charge >= 0.3 is 0 Å². The molecule has 2 atom stereocenters. The topological polar surface area (TPSA) is 50.2 Å². The molecule has 25 heavy (non-hydrogen) atoms. The summed E-state index contributed by atoms with van der Waals surface area (Å²) in [6.45, 7) is 6.89. The van der Waals surface area contributed by atoms with Crippen molar-refractivity contribution in [2.45, 2.75) is 39.3 Å². The van der Waals surface area contributed by atoms with Crippen LogP contribution in [0.5, 0.6) is 0 Å². The van der Waals surface area contributed by atoms with E-state index in [4.69, 9.17) is 0 Å². The Kier molecular flexibility index (Phi) is 5.53. The quantitative estimate of drug-likeness (QED) is 0.910. The molecule has 134 valence electrons. The van der Waals surface area contributed by atoms with E-state index >= 15 is 0 Å². The predicted octanol–water partition coefficient (Wildman–Crippen LogP) is 2.82. The Morgan fingerprint density at radius 2 is 2.12 bits per heavy atom. The van der Waals surface area contributed by atoms with E-state index in [1.807, 2.05) is 37.8 Å². The molecule has 0 unspecified atom stereocenters. The second kappa shape index (κ2) is 7.83. The minimum absolute atomic E-state index is 0.00861. The lowest BCUT2D eigenvalue weighted by molar-refractivity contribution is -0.127. The zero-order valence-electron chi connectivity index (χ0n) is 15.4. The zero-order valence-corrected chi connectivity index (χ0v) is 15.4. The van der Waals surface area contributed by atoms with Crippen LogP contribution in [0.3, 0.4) is 0 Å². The molecule has 0 bridgehead atoms.